The van der Waals surface area contributed by atoms with E-state index in [1.54, 1.807) is 0 Å². The van der Waals surface area contributed by atoms with Crippen molar-refractivity contribution in [2.24, 2.45) is 14.1 Å². The molecule has 6 rings (SSSR count). The molecule has 2 nitrogen and oxygen atoms in total. The van der Waals surface area contributed by atoms with Crippen LogP contribution in [0.25, 0.3) is 54.1 Å². The molecule has 2 heteroatoms. The lowest BCUT2D eigenvalue weighted by Crippen LogP contribution is -1.89. The Hall–Kier alpha value is -3.26. The Balaban J connectivity index is 1.80. The lowest BCUT2D eigenvalue weighted by Gasteiger charge is -2.10. The molecule has 0 unspecified atom stereocenters. The van der Waals surface area contributed by atoms with Crippen LogP contribution in [-0.2, 0) is 14.1 Å². The zero-order valence-electron chi connectivity index (χ0n) is 15.7. The highest BCUT2D eigenvalue weighted by Crippen LogP contribution is 2.37. The summed E-state index contributed by atoms with van der Waals surface area (Å²) in [5.74, 6) is 0. The number of fused-ring (bicyclic) bond motifs is 9. The van der Waals surface area contributed by atoms with Crippen LogP contribution in [0, 0.1) is 6.92 Å². The van der Waals surface area contributed by atoms with Crippen molar-refractivity contribution < 1.29 is 0 Å². The van der Waals surface area contributed by atoms with E-state index in [9.17, 15) is 0 Å². The van der Waals surface area contributed by atoms with Gasteiger partial charge in [-0.3, -0.25) is 0 Å². The van der Waals surface area contributed by atoms with Gasteiger partial charge in [-0.05, 0) is 63.5 Å². The van der Waals surface area contributed by atoms with E-state index in [1.807, 2.05) is 0 Å². The predicted molar refractivity (Wildman–Crippen MR) is 117 cm³/mol. The molecule has 2 aromatic heterocycles. The third-order valence-electron chi connectivity index (χ3n) is 6.32. The van der Waals surface area contributed by atoms with Gasteiger partial charge in [0.2, 0.25) is 0 Å². The summed E-state index contributed by atoms with van der Waals surface area (Å²) in [7, 11) is 4.25. The zero-order chi connectivity index (χ0) is 18.3. The molecule has 0 fully saturated rings. The largest absolute Gasteiger partial charge is 0.351 e. The van der Waals surface area contributed by atoms with Gasteiger partial charge in [0.1, 0.15) is 0 Å². The van der Waals surface area contributed by atoms with E-state index >= 15 is 0 Å². The van der Waals surface area contributed by atoms with Crippen LogP contribution in [0.1, 0.15) is 5.69 Å². The van der Waals surface area contributed by atoms with E-state index in [0.717, 1.165) is 0 Å². The number of hydrogen-bond donors (Lipinski definition) is 0. The van der Waals surface area contributed by atoms with Gasteiger partial charge in [0.15, 0.2) is 0 Å². The van der Waals surface area contributed by atoms with E-state index in [0.29, 0.717) is 0 Å². The van der Waals surface area contributed by atoms with Crippen molar-refractivity contribution in [3.63, 3.8) is 0 Å². The molecular weight excluding hydrogens is 328 g/mol. The van der Waals surface area contributed by atoms with Gasteiger partial charge in [-0.25, -0.2) is 0 Å². The molecule has 0 aliphatic carbocycles. The summed E-state index contributed by atoms with van der Waals surface area (Å²) in [5, 5.41) is 10.7. The maximum Gasteiger partial charge on any atom is 0.0486 e. The van der Waals surface area contributed by atoms with Gasteiger partial charge in [0, 0.05) is 47.8 Å². The molecule has 0 radical (unpaired) electrons. The molecule has 6 aromatic rings. The Kier molecular flexibility index (Phi) is 2.71. The summed E-state index contributed by atoms with van der Waals surface area (Å²) in [6.07, 6.45) is 2.14. The molecule has 0 bridgehead atoms. The van der Waals surface area contributed by atoms with E-state index in [4.69, 9.17) is 0 Å². The summed E-state index contributed by atoms with van der Waals surface area (Å²) in [6.45, 7) is 2.17. The second kappa shape index (κ2) is 4.92. The number of nitrogens with zero attached hydrogens (tertiary/aromatic N) is 2. The summed E-state index contributed by atoms with van der Waals surface area (Å²) in [6, 6.07) is 22.8. The van der Waals surface area contributed by atoms with E-state index < -0.39 is 0 Å². The Morgan fingerprint density at radius 1 is 0.519 bits per heavy atom. The van der Waals surface area contributed by atoms with Crippen LogP contribution in [0.2, 0.25) is 0 Å². The van der Waals surface area contributed by atoms with Crippen molar-refractivity contribution in [2.75, 3.05) is 0 Å². The average molecular weight is 348 g/mol. The van der Waals surface area contributed by atoms with Crippen molar-refractivity contribution in [3.05, 3.63) is 72.6 Å². The van der Waals surface area contributed by atoms with Crippen molar-refractivity contribution in [1.29, 1.82) is 0 Å². The van der Waals surface area contributed by atoms with Gasteiger partial charge in [-0.15, -0.1) is 0 Å². The first-order chi connectivity index (χ1) is 13.1. The van der Waals surface area contributed by atoms with Crippen LogP contribution in [0.5, 0.6) is 0 Å². The minimum atomic E-state index is 1.28. The van der Waals surface area contributed by atoms with Crippen LogP contribution >= 0.6 is 0 Å². The Morgan fingerprint density at radius 3 is 1.63 bits per heavy atom. The zero-order valence-corrected chi connectivity index (χ0v) is 15.7. The molecule has 4 aromatic carbocycles. The average Bonchev–Trinajstić information content (AvgIpc) is 3.21. The molecule has 130 valence electrons. The van der Waals surface area contributed by atoms with Crippen LogP contribution in [0.4, 0.5) is 0 Å². The molecule has 0 aliphatic heterocycles. The number of hydrogen-bond acceptors (Lipinski definition) is 0. The summed E-state index contributed by atoms with van der Waals surface area (Å²) in [5.41, 5.74) is 3.87. The first kappa shape index (κ1) is 14.9. The van der Waals surface area contributed by atoms with E-state index in [2.05, 4.69) is 97.0 Å². The fourth-order valence-corrected chi connectivity index (χ4v) is 4.75. The predicted octanol–water partition coefficient (Wildman–Crippen LogP) is 6.44. The van der Waals surface area contributed by atoms with Gasteiger partial charge >= 0.3 is 0 Å². The highest BCUT2D eigenvalue weighted by atomic mass is 14.9. The standard InChI is InChI=1S/C25H20N2/c1-15-14-23-21-7-5-16-17(19(21)9-11-25(23)27(15)3)4-6-20-18(16)8-10-24-22(20)12-13-26(24)2/h4-14H,1-3H3. The summed E-state index contributed by atoms with van der Waals surface area (Å²) < 4.78 is 4.46. The monoisotopic (exact) mass is 348 g/mol. The van der Waals surface area contributed by atoms with Crippen molar-refractivity contribution in [2.45, 2.75) is 6.92 Å². The Labute approximate surface area is 157 Å². The maximum absolute atomic E-state index is 2.30. The van der Waals surface area contributed by atoms with Gasteiger partial charge in [0.25, 0.3) is 0 Å². The molecule has 2 heterocycles. The van der Waals surface area contributed by atoms with Crippen LogP contribution < -0.4 is 0 Å². The number of rotatable bonds is 0. The molecule has 0 amide bonds. The first-order valence-corrected chi connectivity index (χ1v) is 9.42. The molecular formula is C25H20N2. The molecule has 0 atom stereocenters. The molecule has 27 heavy (non-hydrogen) atoms. The normalized spacial score (nSPS) is 12.3. The fourth-order valence-electron chi connectivity index (χ4n) is 4.75. The maximum atomic E-state index is 2.30. The van der Waals surface area contributed by atoms with Gasteiger partial charge in [0.05, 0.1) is 0 Å². The fraction of sp³-hybridized carbons (Fsp3) is 0.120. The van der Waals surface area contributed by atoms with Crippen molar-refractivity contribution in [1.82, 2.24) is 9.13 Å². The number of benzene rings is 4. The second-order valence-corrected chi connectivity index (χ2v) is 7.68. The summed E-state index contributed by atoms with van der Waals surface area (Å²) >= 11 is 0. The minimum Gasteiger partial charge on any atom is -0.351 e. The molecule has 0 aliphatic rings. The topological polar surface area (TPSA) is 9.86 Å². The van der Waals surface area contributed by atoms with Gasteiger partial charge in [-0.1, -0.05) is 36.4 Å². The molecule has 0 saturated heterocycles. The lowest BCUT2D eigenvalue weighted by molar-refractivity contribution is 0.918. The quantitative estimate of drug-likeness (QED) is 0.280. The third-order valence-corrected chi connectivity index (χ3v) is 6.32. The smallest absolute Gasteiger partial charge is 0.0486 e. The molecule has 0 spiro atoms. The molecule has 0 saturated carbocycles. The molecule has 0 N–H and O–H groups in total. The minimum absolute atomic E-state index is 1.28. The van der Waals surface area contributed by atoms with Crippen molar-refractivity contribution >= 4 is 54.1 Å². The third kappa shape index (κ3) is 1.80. The highest BCUT2D eigenvalue weighted by molar-refractivity contribution is 6.24. The van der Waals surface area contributed by atoms with Gasteiger partial charge < -0.3 is 9.13 Å². The lowest BCUT2D eigenvalue weighted by atomic mass is 9.94. The van der Waals surface area contributed by atoms with Crippen LogP contribution in [-0.4, -0.2) is 9.13 Å². The van der Waals surface area contributed by atoms with Crippen molar-refractivity contribution in [3.8, 4) is 0 Å². The van der Waals surface area contributed by atoms with E-state index in [1.165, 1.54) is 59.8 Å². The Bertz CT molecular complexity index is 1540. The first-order valence-electron chi connectivity index (χ1n) is 9.42. The SMILES string of the molecule is Cc1cc2c3ccc4c(ccc5c4ccc4c5ccn4C)c3ccc2n1C. The van der Waals surface area contributed by atoms with Gasteiger partial charge in [-0.2, -0.15) is 0 Å². The van der Waals surface area contributed by atoms with Crippen LogP contribution in [0.15, 0.2) is 66.9 Å². The Morgan fingerprint density at radius 2 is 1.00 bits per heavy atom. The number of aromatic nitrogens is 2. The number of aryl methyl sites for hydroxylation is 3. The van der Waals surface area contributed by atoms with E-state index in [-0.39, 0.29) is 0 Å². The van der Waals surface area contributed by atoms with Crippen LogP contribution in [0.3, 0.4) is 0 Å². The highest BCUT2D eigenvalue weighted by Gasteiger charge is 2.11. The summed E-state index contributed by atoms with van der Waals surface area (Å²) in [4.78, 5) is 0. The second-order valence-electron chi connectivity index (χ2n) is 7.68.